The summed E-state index contributed by atoms with van der Waals surface area (Å²) in [5, 5.41) is 13.0. The van der Waals surface area contributed by atoms with Crippen LogP contribution in [0.3, 0.4) is 0 Å². The van der Waals surface area contributed by atoms with Gasteiger partial charge in [-0.15, -0.1) is 0 Å². The Balaban J connectivity index is 3.30. The Hall–Kier alpha value is -1.36. The first-order valence-electron chi connectivity index (χ1n) is 3.94. The Kier molecular flexibility index (Phi) is 3.24. The molecule has 0 aromatic heterocycles. The van der Waals surface area contributed by atoms with Gasteiger partial charge in [0, 0.05) is 6.54 Å². The molecule has 0 atom stereocenters. The minimum absolute atomic E-state index is 0.138. The average Bonchev–Trinajstić information content (AvgIpc) is 2.11. The van der Waals surface area contributed by atoms with Gasteiger partial charge < -0.3 is 5.32 Å². The maximum absolute atomic E-state index is 13.2. The molecule has 0 aliphatic carbocycles. The van der Waals surface area contributed by atoms with Crippen molar-refractivity contribution in [2.75, 3.05) is 11.9 Å². The number of anilines is 1. The predicted octanol–water partition coefficient (Wildman–Crippen LogP) is 2.82. The third-order valence-electron chi connectivity index (χ3n) is 1.62. The molecule has 0 saturated heterocycles. The van der Waals surface area contributed by atoms with Gasteiger partial charge in [-0.25, -0.2) is 0 Å². The summed E-state index contributed by atoms with van der Waals surface area (Å²) in [5.74, 6) is -1.00. The maximum Gasteiger partial charge on any atom is 0.329 e. The molecule has 0 heterocycles. The second-order valence-electron chi connectivity index (χ2n) is 2.54. The number of benzene rings is 1. The van der Waals surface area contributed by atoms with Gasteiger partial charge in [0.1, 0.15) is 5.69 Å². The molecule has 4 nitrogen and oxygen atoms in total. The van der Waals surface area contributed by atoms with Gasteiger partial charge in [-0.05, 0) is 19.1 Å². The van der Waals surface area contributed by atoms with Crippen LogP contribution in [0.25, 0.3) is 0 Å². The molecule has 1 N–H and O–H groups in total. The topological polar surface area (TPSA) is 55.2 Å². The lowest BCUT2D eigenvalue weighted by molar-refractivity contribution is -0.386. The van der Waals surface area contributed by atoms with Crippen LogP contribution in [-0.2, 0) is 0 Å². The summed E-state index contributed by atoms with van der Waals surface area (Å²) >= 11 is 5.42. The van der Waals surface area contributed by atoms with Crippen molar-refractivity contribution in [3.63, 3.8) is 0 Å². The zero-order valence-corrected chi connectivity index (χ0v) is 8.14. The first-order chi connectivity index (χ1) is 6.57. The SMILES string of the molecule is CCNc1ccc(Cl)c(F)c1[N+](=O)[O-]. The van der Waals surface area contributed by atoms with E-state index in [-0.39, 0.29) is 10.7 Å². The van der Waals surface area contributed by atoms with Crippen LogP contribution in [0.4, 0.5) is 15.8 Å². The minimum Gasteiger partial charge on any atom is -0.380 e. The Bertz CT molecular complexity index is 371. The molecule has 0 spiro atoms. The number of nitro groups is 1. The molecule has 0 fully saturated rings. The lowest BCUT2D eigenvalue weighted by atomic mass is 10.2. The van der Waals surface area contributed by atoms with Crippen molar-refractivity contribution in [2.45, 2.75) is 6.92 Å². The van der Waals surface area contributed by atoms with Gasteiger partial charge in [-0.1, -0.05) is 11.6 Å². The number of halogens is 2. The van der Waals surface area contributed by atoms with Crippen LogP contribution in [0, 0.1) is 15.9 Å². The fourth-order valence-corrected chi connectivity index (χ4v) is 1.20. The highest BCUT2D eigenvalue weighted by Gasteiger charge is 2.22. The Morgan fingerprint density at radius 1 is 1.64 bits per heavy atom. The molecule has 0 aliphatic heterocycles. The van der Waals surface area contributed by atoms with Crippen LogP contribution in [-0.4, -0.2) is 11.5 Å². The fourth-order valence-electron chi connectivity index (χ4n) is 1.05. The predicted molar refractivity (Wildman–Crippen MR) is 52.2 cm³/mol. The summed E-state index contributed by atoms with van der Waals surface area (Å²) in [6, 6.07) is 2.66. The summed E-state index contributed by atoms with van der Waals surface area (Å²) in [6.45, 7) is 2.23. The number of nitro benzene ring substituents is 1. The van der Waals surface area contributed by atoms with Crippen molar-refractivity contribution in [3.8, 4) is 0 Å². The normalized spacial score (nSPS) is 9.93. The van der Waals surface area contributed by atoms with Gasteiger partial charge in [0.2, 0.25) is 5.82 Å². The molecule has 0 amide bonds. The summed E-state index contributed by atoms with van der Waals surface area (Å²) < 4.78 is 13.2. The van der Waals surface area contributed by atoms with E-state index >= 15 is 0 Å². The molecule has 6 heteroatoms. The smallest absolute Gasteiger partial charge is 0.329 e. The zero-order chi connectivity index (χ0) is 10.7. The van der Waals surface area contributed by atoms with E-state index < -0.39 is 16.4 Å². The molecule has 0 radical (unpaired) electrons. The largest absolute Gasteiger partial charge is 0.380 e. The van der Waals surface area contributed by atoms with Crippen LogP contribution in [0.2, 0.25) is 5.02 Å². The second kappa shape index (κ2) is 4.23. The van der Waals surface area contributed by atoms with E-state index in [0.717, 1.165) is 0 Å². The van der Waals surface area contributed by atoms with E-state index in [1.165, 1.54) is 12.1 Å². The average molecular weight is 219 g/mol. The van der Waals surface area contributed by atoms with E-state index in [0.29, 0.717) is 6.54 Å². The molecule has 1 rings (SSSR count). The van der Waals surface area contributed by atoms with Crippen LogP contribution in [0.15, 0.2) is 12.1 Å². The van der Waals surface area contributed by atoms with Crippen molar-refractivity contribution in [3.05, 3.63) is 33.1 Å². The summed E-state index contributed by atoms with van der Waals surface area (Å²) in [6.07, 6.45) is 0. The molecule has 0 unspecified atom stereocenters. The minimum atomic E-state index is -1.00. The maximum atomic E-state index is 13.2. The first kappa shape index (κ1) is 10.7. The Labute approximate surface area is 84.8 Å². The summed E-state index contributed by atoms with van der Waals surface area (Å²) in [7, 11) is 0. The molecular formula is C8H8ClFN2O2. The van der Waals surface area contributed by atoms with Crippen molar-refractivity contribution >= 4 is 23.0 Å². The van der Waals surface area contributed by atoms with Gasteiger partial charge in [0.25, 0.3) is 0 Å². The Morgan fingerprint density at radius 2 is 2.29 bits per heavy atom. The van der Waals surface area contributed by atoms with E-state index in [2.05, 4.69) is 5.32 Å². The number of hydrogen-bond acceptors (Lipinski definition) is 3. The lowest BCUT2D eigenvalue weighted by Crippen LogP contribution is -2.03. The van der Waals surface area contributed by atoms with Crippen molar-refractivity contribution < 1.29 is 9.31 Å². The van der Waals surface area contributed by atoms with Crippen LogP contribution in [0.1, 0.15) is 6.92 Å². The second-order valence-corrected chi connectivity index (χ2v) is 2.95. The monoisotopic (exact) mass is 218 g/mol. The molecule has 0 bridgehead atoms. The van der Waals surface area contributed by atoms with Gasteiger partial charge >= 0.3 is 5.69 Å². The number of nitrogens with zero attached hydrogens (tertiary/aromatic N) is 1. The standard InChI is InChI=1S/C8H8ClFN2O2/c1-2-11-6-4-3-5(9)7(10)8(6)12(13)14/h3-4,11H,2H2,1H3. The van der Waals surface area contributed by atoms with Crippen LogP contribution >= 0.6 is 11.6 Å². The lowest BCUT2D eigenvalue weighted by Gasteiger charge is -2.05. The molecule has 0 aliphatic rings. The highest BCUT2D eigenvalue weighted by atomic mass is 35.5. The van der Waals surface area contributed by atoms with Crippen molar-refractivity contribution in [1.29, 1.82) is 0 Å². The molecule has 14 heavy (non-hydrogen) atoms. The van der Waals surface area contributed by atoms with Gasteiger partial charge in [0.15, 0.2) is 0 Å². The fraction of sp³-hybridized carbons (Fsp3) is 0.250. The summed E-state index contributed by atoms with van der Waals surface area (Å²) in [5.41, 5.74) is -0.473. The van der Waals surface area contributed by atoms with Gasteiger partial charge in [-0.3, -0.25) is 10.1 Å². The zero-order valence-electron chi connectivity index (χ0n) is 7.38. The van der Waals surface area contributed by atoms with E-state index in [9.17, 15) is 14.5 Å². The molecule has 1 aromatic rings. The highest BCUT2D eigenvalue weighted by Crippen LogP contribution is 2.32. The van der Waals surface area contributed by atoms with Crippen LogP contribution in [0.5, 0.6) is 0 Å². The number of rotatable bonds is 3. The van der Waals surface area contributed by atoms with Crippen LogP contribution < -0.4 is 5.32 Å². The highest BCUT2D eigenvalue weighted by molar-refractivity contribution is 6.31. The van der Waals surface area contributed by atoms with Gasteiger partial charge in [-0.2, -0.15) is 4.39 Å². The first-order valence-corrected chi connectivity index (χ1v) is 4.32. The molecule has 0 saturated carbocycles. The van der Waals surface area contributed by atoms with Crippen molar-refractivity contribution in [1.82, 2.24) is 0 Å². The summed E-state index contributed by atoms with van der Waals surface area (Å²) in [4.78, 5) is 9.74. The van der Waals surface area contributed by atoms with E-state index in [4.69, 9.17) is 11.6 Å². The third kappa shape index (κ3) is 1.93. The molecule has 76 valence electrons. The molecule has 1 aromatic carbocycles. The van der Waals surface area contributed by atoms with E-state index in [1.807, 2.05) is 0 Å². The quantitative estimate of drug-likeness (QED) is 0.627. The van der Waals surface area contributed by atoms with Gasteiger partial charge in [0.05, 0.1) is 9.95 Å². The number of hydrogen-bond donors (Lipinski definition) is 1. The van der Waals surface area contributed by atoms with Crippen molar-refractivity contribution in [2.24, 2.45) is 0 Å². The number of nitrogens with one attached hydrogen (secondary N) is 1. The van der Waals surface area contributed by atoms with E-state index in [1.54, 1.807) is 6.92 Å². The Morgan fingerprint density at radius 3 is 2.79 bits per heavy atom. The third-order valence-corrected chi connectivity index (χ3v) is 1.91. The molecular weight excluding hydrogens is 211 g/mol.